The van der Waals surface area contributed by atoms with Gasteiger partial charge in [-0.15, -0.1) is 0 Å². The van der Waals surface area contributed by atoms with Crippen molar-refractivity contribution >= 4 is 21.5 Å². The van der Waals surface area contributed by atoms with E-state index in [2.05, 4.69) is 0 Å². The van der Waals surface area contributed by atoms with E-state index in [0.717, 1.165) is 18.2 Å². The minimum absolute atomic E-state index is 0.113. The predicted octanol–water partition coefficient (Wildman–Crippen LogP) is 3.30. The highest BCUT2D eigenvalue weighted by molar-refractivity contribution is 7.92. The molecule has 0 spiro atoms. The van der Waals surface area contributed by atoms with Crippen LogP contribution < -0.4 is 4.90 Å². The van der Waals surface area contributed by atoms with Gasteiger partial charge in [-0.1, -0.05) is 30.3 Å². The molecule has 9 heteroatoms. The summed E-state index contributed by atoms with van der Waals surface area (Å²) in [7, 11) is -3.15. The lowest BCUT2D eigenvalue weighted by Gasteiger charge is -2.24. The molecule has 0 aliphatic carbocycles. The monoisotopic (exact) mass is 413 g/mol. The van der Waals surface area contributed by atoms with Gasteiger partial charge in [0, 0.05) is 12.2 Å². The van der Waals surface area contributed by atoms with Crippen molar-refractivity contribution in [3.63, 3.8) is 0 Å². The Balaban J connectivity index is 2.01. The van der Waals surface area contributed by atoms with Crippen LogP contribution in [-0.4, -0.2) is 39.3 Å². The number of alkyl halides is 3. The van der Waals surface area contributed by atoms with Gasteiger partial charge in [0.15, 0.2) is 9.84 Å². The van der Waals surface area contributed by atoms with Gasteiger partial charge in [-0.2, -0.15) is 13.2 Å². The Labute approximate surface area is 160 Å². The molecule has 0 N–H and O–H groups in total. The smallest absolute Gasteiger partial charge is 0.417 e. The predicted molar refractivity (Wildman–Crippen MR) is 96.6 cm³/mol. The molecule has 150 valence electrons. The number of esters is 1. The lowest BCUT2D eigenvalue weighted by Crippen LogP contribution is -2.37. The van der Waals surface area contributed by atoms with E-state index >= 15 is 0 Å². The third-order valence-corrected chi connectivity index (χ3v) is 6.95. The van der Waals surface area contributed by atoms with Crippen molar-refractivity contribution in [3.8, 4) is 0 Å². The molecule has 1 heterocycles. The Bertz CT molecular complexity index is 961. The summed E-state index contributed by atoms with van der Waals surface area (Å²) >= 11 is 0. The van der Waals surface area contributed by atoms with Gasteiger partial charge in [0.2, 0.25) is 0 Å². The van der Waals surface area contributed by atoms with Gasteiger partial charge < -0.3 is 9.64 Å². The first-order valence-electron chi connectivity index (χ1n) is 8.46. The second-order valence-electron chi connectivity index (χ2n) is 6.42. The summed E-state index contributed by atoms with van der Waals surface area (Å²) in [6.45, 7) is -0.113. The molecule has 28 heavy (non-hydrogen) atoms. The third-order valence-electron chi connectivity index (χ3n) is 4.76. The molecule has 2 unspecified atom stereocenters. The van der Waals surface area contributed by atoms with Crippen LogP contribution in [0.5, 0.6) is 0 Å². The molecule has 5 nitrogen and oxygen atoms in total. The molecule has 1 fully saturated rings. The highest BCUT2D eigenvalue weighted by atomic mass is 32.2. The van der Waals surface area contributed by atoms with Crippen LogP contribution in [0.25, 0.3) is 0 Å². The molecule has 0 saturated carbocycles. The summed E-state index contributed by atoms with van der Waals surface area (Å²) < 4.78 is 70.8. The first kappa shape index (κ1) is 20.2. The highest BCUT2D eigenvalue weighted by Crippen LogP contribution is 2.38. The summed E-state index contributed by atoms with van der Waals surface area (Å²) in [5.74, 6) is -0.634. The number of rotatable bonds is 4. The zero-order valence-electron chi connectivity index (χ0n) is 14.9. The fourth-order valence-corrected chi connectivity index (χ4v) is 5.33. The number of benzene rings is 2. The number of nitrogens with zero attached hydrogens (tertiary/aromatic N) is 1. The largest absolute Gasteiger partial charge is 0.467 e. The van der Waals surface area contributed by atoms with Crippen LogP contribution in [0.4, 0.5) is 18.9 Å². The summed E-state index contributed by atoms with van der Waals surface area (Å²) in [6, 6.07) is 11.8. The quantitative estimate of drug-likeness (QED) is 0.720. The summed E-state index contributed by atoms with van der Waals surface area (Å²) in [6.07, 6.45) is -4.96. The first-order chi connectivity index (χ1) is 13.2. The van der Waals surface area contributed by atoms with E-state index < -0.39 is 43.7 Å². The topological polar surface area (TPSA) is 63.7 Å². The van der Waals surface area contributed by atoms with E-state index in [4.69, 9.17) is 4.74 Å². The van der Waals surface area contributed by atoms with Gasteiger partial charge in [0.25, 0.3) is 0 Å². The normalized spacial score (nSPS) is 20.2. The molecule has 1 aliphatic rings. The van der Waals surface area contributed by atoms with Gasteiger partial charge in [0.1, 0.15) is 6.04 Å². The summed E-state index contributed by atoms with van der Waals surface area (Å²) in [5, 5.41) is -1.18. The van der Waals surface area contributed by atoms with Crippen molar-refractivity contribution in [3.05, 3.63) is 60.2 Å². The molecule has 0 radical (unpaired) electrons. The van der Waals surface area contributed by atoms with Crippen molar-refractivity contribution in [2.24, 2.45) is 0 Å². The number of carbonyl (C=O) groups is 1. The first-order valence-corrected chi connectivity index (χ1v) is 10.0. The van der Waals surface area contributed by atoms with E-state index in [1.165, 1.54) is 13.2 Å². The van der Waals surface area contributed by atoms with E-state index in [1.54, 1.807) is 35.2 Å². The molecule has 2 aromatic carbocycles. The number of anilines is 1. The van der Waals surface area contributed by atoms with E-state index in [9.17, 15) is 26.4 Å². The van der Waals surface area contributed by atoms with Crippen molar-refractivity contribution in [2.45, 2.75) is 28.8 Å². The van der Waals surface area contributed by atoms with Gasteiger partial charge in [-0.25, -0.2) is 13.2 Å². The average molecular weight is 413 g/mol. The number of halogens is 3. The highest BCUT2D eigenvalue weighted by Gasteiger charge is 2.46. The van der Waals surface area contributed by atoms with Crippen LogP contribution in [-0.2, 0) is 25.5 Å². The van der Waals surface area contributed by atoms with Crippen LogP contribution in [0.15, 0.2) is 59.5 Å². The Hall–Kier alpha value is -2.55. The van der Waals surface area contributed by atoms with Crippen molar-refractivity contribution in [1.29, 1.82) is 0 Å². The number of ether oxygens (including phenoxy) is 1. The Kier molecular flexibility index (Phi) is 5.38. The van der Waals surface area contributed by atoms with Crippen LogP contribution in [0, 0.1) is 0 Å². The average Bonchev–Trinajstić information content (AvgIpc) is 3.14. The molecule has 0 bridgehead atoms. The Morgan fingerprint density at radius 2 is 1.68 bits per heavy atom. The number of hydrogen-bond acceptors (Lipinski definition) is 5. The van der Waals surface area contributed by atoms with Crippen LogP contribution in [0.3, 0.4) is 0 Å². The number of carbonyl (C=O) groups excluding carboxylic acids is 1. The fraction of sp³-hybridized carbons (Fsp3) is 0.316. The van der Waals surface area contributed by atoms with E-state index in [1.807, 2.05) is 0 Å². The lowest BCUT2D eigenvalue weighted by atomic mass is 10.2. The van der Waals surface area contributed by atoms with Crippen molar-refractivity contribution in [1.82, 2.24) is 0 Å². The SMILES string of the molecule is COC(=O)C1CC(S(=O)(=O)c2ccccc2C(F)(F)F)CN1c1ccccc1. The van der Waals surface area contributed by atoms with Gasteiger partial charge in [-0.3, -0.25) is 0 Å². The number of hydrogen-bond donors (Lipinski definition) is 0. The molecular weight excluding hydrogens is 395 g/mol. The Morgan fingerprint density at radius 1 is 1.07 bits per heavy atom. The molecule has 2 atom stereocenters. The van der Waals surface area contributed by atoms with Crippen LogP contribution in [0.2, 0.25) is 0 Å². The maximum absolute atomic E-state index is 13.3. The number of para-hydroxylation sites is 1. The summed E-state index contributed by atoms with van der Waals surface area (Å²) in [5.41, 5.74) is -0.609. The standard InChI is InChI=1S/C19H18F3NO4S/c1-27-18(24)16-11-14(12-23(16)13-7-3-2-4-8-13)28(25,26)17-10-6-5-9-15(17)19(20,21)22/h2-10,14,16H,11-12H2,1H3. The molecule has 0 amide bonds. The number of methoxy groups -OCH3 is 1. The van der Waals surface area contributed by atoms with Crippen LogP contribution >= 0.6 is 0 Å². The van der Waals surface area contributed by atoms with E-state index in [0.29, 0.717) is 5.69 Å². The lowest BCUT2D eigenvalue weighted by molar-refractivity contribution is -0.142. The van der Waals surface area contributed by atoms with Gasteiger partial charge in [0.05, 0.1) is 22.8 Å². The molecular formula is C19H18F3NO4S. The Morgan fingerprint density at radius 3 is 2.29 bits per heavy atom. The molecule has 1 aliphatic heterocycles. The minimum atomic E-state index is -4.80. The second kappa shape index (κ2) is 7.46. The molecule has 1 saturated heterocycles. The summed E-state index contributed by atoms with van der Waals surface area (Å²) in [4.78, 5) is 13.0. The van der Waals surface area contributed by atoms with Gasteiger partial charge >= 0.3 is 12.1 Å². The van der Waals surface area contributed by atoms with Gasteiger partial charge in [-0.05, 0) is 30.7 Å². The molecule has 3 rings (SSSR count). The zero-order valence-corrected chi connectivity index (χ0v) is 15.7. The second-order valence-corrected chi connectivity index (χ2v) is 8.62. The third kappa shape index (κ3) is 3.71. The molecule has 0 aromatic heterocycles. The maximum Gasteiger partial charge on any atom is 0.417 e. The maximum atomic E-state index is 13.3. The van der Waals surface area contributed by atoms with E-state index in [-0.39, 0.29) is 13.0 Å². The number of sulfone groups is 1. The minimum Gasteiger partial charge on any atom is -0.467 e. The fourth-order valence-electron chi connectivity index (χ4n) is 3.42. The zero-order chi connectivity index (χ0) is 20.5. The molecule has 2 aromatic rings. The van der Waals surface area contributed by atoms with Crippen molar-refractivity contribution < 1.29 is 31.1 Å². The van der Waals surface area contributed by atoms with Crippen LogP contribution in [0.1, 0.15) is 12.0 Å². The van der Waals surface area contributed by atoms with Crippen molar-refractivity contribution in [2.75, 3.05) is 18.6 Å².